The predicted molar refractivity (Wildman–Crippen MR) is 99.8 cm³/mol. The van der Waals surface area contributed by atoms with Gasteiger partial charge in [-0.3, -0.25) is 9.59 Å². The minimum Gasteiger partial charge on any atom is -0.350 e. The van der Waals surface area contributed by atoms with Crippen molar-refractivity contribution in [2.45, 2.75) is 20.4 Å². The second-order valence-electron chi connectivity index (χ2n) is 6.24. The largest absolute Gasteiger partial charge is 0.350 e. The summed E-state index contributed by atoms with van der Waals surface area (Å²) in [7, 11) is 0. The lowest BCUT2D eigenvalue weighted by atomic mass is 10.2. The summed E-state index contributed by atoms with van der Waals surface area (Å²) in [6.45, 7) is 4.34. The maximum absolute atomic E-state index is 12.9. The highest BCUT2D eigenvalue weighted by atomic mass is 19.1. The van der Waals surface area contributed by atoms with Gasteiger partial charge in [0.2, 0.25) is 5.91 Å². The number of nitrogens with zero attached hydrogens (tertiary/aromatic N) is 3. The number of halogens is 1. The molecule has 2 aromatic heterocycles. The zero-order valence-electron chi connectivity index (χ0n) is 15.3. The number of amides is 2. The van der Waals surface area contributed by atoms with Crippen LogP contribution >= 0.6 is 0 Å². The van der Waals surface area contributed by atoms with Crippen molar-refractivity contribution in [1.29, 1.82) is 0 Å². The fourth-order valence-electron chi connectivity index (χ4n) is 2.77. The van der Waals surface area contributed by atoms with Gasteiger partial charge in [0.1, 0.15) is 17.2 Å². The number of imidazole rings is 1. The Morgan fingerprint density at radius 1 is 1.19 bits per heavy atom. The Balaban J connectivity index is 1.64. The van der Waals surface area contributed by atoms with Gasteiger partial charge in [0.15, 0.2) is 0 Å². The van der Waals surface area contributed by atoms with Crippen LogP contribution in [0, 0.1) is 12.7 Å². The van der Waals surface area contributed by atoms with Gasteiger partial charge in [-0.1, -0.05) is 18.2 Å². The fraction of sp³-hybridized carbons (Fsp3) is 0.250. The molecule has 2 heterocycles. The van der Waals surface area contributed by atoms with Crippen LogP contribution in [0.25, 0.3) is 5.65 Å². The number of hydrogen-bond acceptors (Lipinski definition) is 3. The van der Waals surface area contributed by atoms with E-state index in [1.807, 2.05) is 36.4 Å². The summed E-state index contributed by atoms with van der Waals surface area (Å²) in [5.41, 5.74) is 2.75. The van der Waals surface area contributed by atoms with Gasteiger partial charge in [0, 0.05) is 25.0 Å². The van der Waals surface area contributed by atoms with Gasteiger partial charge in [-0.05, 0) is 43.7 Å². The fourth-order valence-corrected chi connectivity index (χ4v) is 2.77. The molecule has 0 radical (unpaired) electrons. The van der Waals surface area contributed by atoms with E-state index >= 15 is 0 Å². The zero-order valence-corrected chi connectivity index (χ0v) is 15.3. The second kappa shape index (κ2) is 7.99. The van der Waals surface area contributed by atoms with E-state index in [1.54, 1.807) is 18.3 Å². The van der Waals surface area contributed by atoms with Crippen LogP contribution in [-0.2, 0) is 11.3 Å². The van der Waals surface area contributed by atoms with Crippen molar-refractivity contribution in [3.63, 3.8) is 0 Å². The number of fused-ring (bicyclic) bond motifs is 1. The molecule has 0 bridgehead atoms. The van der Waals surface area contributed by atoms with Crippen molar-refractivity contribution >= 4 is 17.5 Å². The number of carbonyl (C=O) groups excluding carboxylic acids is 2. The summed E-state index contributed by atoms with van der Waals surface area (Å²) in [6.07, 6.45) is 1.69. The number of aryl methyl sites for hydroxylation is 1. The lowest BCUT2D eigenvalue weighted by Crippen LogP contribution is -2.40. The molecule has 0 aliphatic carbocycles. The smallest absolute Gasteiger partial charge is 0.274 e. The third-order valence-electron chi connectivity index (χ3n) is 4.32. The third-order valence-corrected chi connectivity index (χ3v) is 4.32. The lowest BCUT2D eigenvalue weighted by molar-refractivity contribution is -0.121. The maximum atomic E-state index is 12.9. The topological polar surface area (TPSA) is 66.7 Å². The Kier molecular flexibility index (Phi) is 5.49. The monoisotopic (exact) mass is 368 g/mol. The Hall–Kier alpha value is -3.22. The van der Waals surface area contributed by atoms with Crippen molar-refractivity contribution in [2.24, 2.45) is 0 Å². The number of likely N-dealkylation sites (N-methyl/N-ethyl adjacent to an activating group) is 1. The van der Waals surface area contributed by atoms with Crippen molar-refractivity contribution in [3.05, 3.63) is 71.4 Å². The van der Waals surface area contributed by atoms with Gasteiger partial charge in [-0.15, -0.1) is 0 Å². The van der Waals surface area contributed by atoms with E-state index in [9.17, 15) is 14.0 Å². The number of nitrogens with one attached hydrogen (secondary N) is 1. The normalized spacial score (nSPS) is 10.8. The molecule has 6 nitrogen and oxygen atoms in total. The number of aromatic nitrogens is 2. The molecular weight excluding hydrogens is 347 g/mol. The Morgan fingerprint density at radius 3 is 2.59 bits per heavy atom. The highest BCUT2D eigenvalue weighted by molar-refractivity contribution is 5.95. The standard InChI is InChI=1S/C20H21FN4O2/c1-3-24(13-19(26)22-11-15-7-9-16(21)10-8-15)20(27)17-12-25-14(2)5-4-6-18(25)23-17/h4-10,12H,3,11,13H2,1-2H3,(H,22,26). The molecule has 0 unspecified atom stereocenters. The highest BCUT2D eigenvalue weighted by Crippen LogP contribution is 2.10. The van der Waals surface area contributed by atoms with Crippen LogP contribution in [0.4, 0.5) is 4.39 Å². The molecule has 140 valence electrons. The van der Waals surface area contributed by atoms with E-state index < -0.39 is 0 Å². The quantitative estimate of drug-likeness (QED) is 0.727. The summed E-state index contributed by atoms with van der Waals surface area (Å²) >= 11 is 0. The summed E-state index contributed by atoms with van der Waals surface area (Å²) in [4.78, 5) is 30.7. The van der Waals surface area contributed by atoms with Crippen LogP contribution in [0.2, 0.25) is 0 Å². The Morgan fingerprint density at radius 2 is 1.93 bits per heavy atom. The molecule has 0 saturated carbocycles. The van der Waals surface area contributed by atoms with Gasteiger partial charge in [-0.2, -0.15) is 0 Å². The van der Waals surface area contributed by atoms with Gasteiger partial charge in [0.05, 0.1) is 6.54 Å². The van der Waals surface area contributed by atoms with E-state index in [4.69, 9.17) is 0 Å². The van der Waals surface area contributed by atoms with Crippen LogP contribution < -0.4 is 5.32 Å². The molecule has 3 rings (SSSR count). The van der Waals surface area contributed by atoms with E-state index in [0.717, 1.165) is 11.3 Å². The molecule has 1 aromatic carbocycles. The van der Waals surface area contributed by atoms with Crippen LogP contribution in [0.1, 0.15) is 28.7 Å². The van der Waals surface area contributed by atoms with Gasteiger partial charge >= 0.3 is 0 Å². The Bertz CT molecular complexity index is 966. The molecule has 0 fully saturated rings. The second-order valence-corrected chi connectivity index (χ2v) is 6.24. The van der Waals surface area contributed by atoms with Gasteiger partial charge in [-0.25, -0.2) is 9.37 Å². The van der Waals surface area contributed by atoms with Crippen molar-refractivity contribution in [1.82, 2.24) is 19.6 Å². The van der Waals surface area contributed by atoms with Crippen LogP contribution in [0.15, 0.2) is 48.7 Å². The number of rotatable bonds is 6. The predicted octanol–water partition coefficient (Wildman–Crippen LogP) is 2.56. The third kappa shape index (κ3) is 4.31. The highest BCUT2D eigenvalue weighted by Gasteiger charge is 2.20. The number of hydrogen-bond donors (Lipinski definition) is 1. The Labute approximate surface area is 156 Å². The lowest BCUT2D eigenvalue weighted by Gasteiger charge is -2.19. The first-order chi connectivity index (χ1) is 13.0. The van der Waals surface area contributed by atoms with Crippen molar-refractivity contribution in [3.8, 4) is 0 Å². The van der Waals surface area contributed by atoms with E-state index in [0.29, 0.717) is 17.9 Å². The molecule has 7 heteroatoms. The average Bonchev–Trinajstić information content (AvgIpc) is 3.11. The van der Waals surface area contributed by atoms with E-state index in [2.05, 4.69) is 10.3 Å². The average molecular weight is 368 g/mol. The number of pyridine rings is 1. The first-order valence-electron chi connectivity index (χ1n) is 8.73. The molecule has 27 heavy (non-hydrogen) atoms. The molecule has 0 aliphatic rings. The van der Waals surface area contributed by atoms with Crippen molar-refractivity contribution < 1.29 is 14.0 Å². The molecule has 1 N–H and O–H groups in total. The first-order valence-corrected chi connectivity index (χ1v) is 8.73. The van der Waals surface area contributed by atoms with Crippen LogP contribution in [0.3, 0.4) is 0 Å². The molecule has 0 aliphatic heterocycles. The summed E-state index contributed by atoms with van der Waals surface area (Å²) in [5, 5.41) is 2.74. The minimum atomic E-state index is -0.324. The van der Waals surface area contributed by atoms with E-state index in [-0.39, 0.29) is 30.7 Å². The summed E-state index contributed by atoms with van der Waals surface area (Å²) in [5.74, 6) is -0.900. The number of carbonyl (C=O) groups is 2. The minimum absolute atomic E-state index is 0.0661. The molecule has 0 spiro atoms. The molecular formula is C20H21FN4O2. The van der Waals surface area contributed by atoms with Gasteiger partial charge < -0.3 is 14.6 Å². The molecule has 0 atom stereocenters. The first kappa shape index (κ1) is 18.6. The molecule has 3 aromatic rings. The summed E-state index contributed by atoms with van der Waals surface area (Å²) < 4.78 is 14.8. The van der Waals surface area contributed by atoms with Crippen molar-refractivity contribution in [2.75, 3.05) is 13.1 Å². The zero-order chi connectivity index (χ0) is 19.4. The SMILES string of the molecule is CCN(CC(=O)NCc1ccc(F)cc1)C(=O)c1cn2c(C)cccc2n1. The van der Waals surface area contributed by atoms with E-state index in [1.165, 1.54) is 17.0 Å². The molecule has 2 amide bonds. The van der Waals surface area contributed by atoms with Gasteiger partial charge in [0.25, 0.3) is 5.91 Å². The summed E-state index contributed by atoms with van der Waals surface area (Å²) in [6, 6.07) is 11.5. The van der Waals surface area contributed by atoms with Crippen LogP contribution in [-0.4, -0.2) is 39.2 Å². The number of benzene rings is 1. The maximum Gasteiger partial charge on any atom is 0.274 e. The molecule has 0 saturated heterocycles. The van der Waals surface area contributed by atoms with Crippen LogP contribution in [0.5, 0.6) is 0 Å².